The van der Waals surface area contributed by atoms with Gasteiger partial charge in [-0.2, -0.15) is 0 Å². The van der Waals surface area contributed by atoms with Gasteiger partial charge >= 0.3 is 221 Å². The van der Waals surface area contributed by atoms with Gasteiger partial charge < -0.3 is 0 Å². The summed E-state index contributed by atoms with van der Waals surface area (Å²) in [4.78, 5) is 0. The van der Waals surface area contributed by atoms with Crippen molar-refractivity contribution in [2.24, 2.45) is 17.8 Å². The Kier molecular flexibility index (Phi) is 12.8. The zero-order valence-electron chi connectivity index (χ0n) is 26.2. The van der Waals surface area contributed by atoms with E-state index in [1.165, 1.54) is 0 Å². The van der Waals surface area contributed by atoms with Crippen LogP contribution in [0.1, 0.15) is 48.5 Å². The molecule has 2 unspecified atom stereocenters. The van der Waals surface area contributed by atoms with E-state index in [0.29, 0.717) is 17.8 Å². The monoisotopic (exact) mass is 612 g/mol. The normalized spacial score (nSPS) is 17.6. The molecule has 0 aromatic carbocycles. The predicted molar refractivity (Wildman–Crippen MR) is 151 cm³/mol. The first kappa shape index (κ1) is 34.8. The molecule has 0 bridgehead atoms. The van der Waals surface area contributed by atoms with E-state index in [1.807, 2.05) is 0 Å². The van der Waals surface area contributed by atoms with Crippen LogP contribution in [0.5, 0.6) is 0 Å². The number of hydrogen-bond acceptors (Lipinski definition) is 8. The second-order valence-electron chi connectivity index (χ2n) is 12.4. The Morgan fingerprint density at radius 3 is 0.765 bits per heavy atom. The Balaban J connectivity index is 6.10. The Morgan fingerprint density at radius 1 is 0.441 bits per heavy atom. The van der Waals surface area contributed by atoms with Gasteiger partial charge in [0.05, 0.1) is 0 Å². The molecule has 206 valence electrons. The van der Waals surface area contributed by atoms with Gasteiger partial charge in [-0.25, -0.2) is 0 Å². The predicted octanol–water partition coefficient (Wildman–Crippen LogP) is 2.73. The maximum atomic E-state index is 7.18. The van der Waals surface area contributed by atoms with Crippen molar-refractivity contribution in [2.45, 2.75) is 59.7 Å². The fourth-order valence-corrected chi connectivity index (χ4v) is 21.6. The summed E-state index contributed by atoms with van der Waals surface area (Å²) in [6.45, 7) is 16.2. The molecule has 0 radical (unpaired) electrons. The van der Waals surface area contributed by atoms with Gasteiger partial charge in [0, 0.05) is 0 Å². The van der Waals surface area contributed by atoms with E-state index < -0.39 is 28.5 Å². The third-order valence-corrected chi connectivity index (χ3v) is 26.1. The van der Waals surface area contributed by atoms with Gasteiger partial charge in [-0.1, -0.05) is 0 Å². The summed E-state index contributed by atoms with van der Waals surface area (Å²) >= 11 is -6.23. The molecule has 0 aliphatic rings. The van der Waals surface area contributed by atoms with Crippen LogP contribution in [0.4, 0.5) is 0 Å². The molecule has 0 aliphatic heterocycles. The Hall–Kier alpha value is 0.766. The minimum atomic E-state index is -3.12. The molecule has 10 heteroatoms. The van der Waals surface area contributed by atoms with Crippen molar-refractivity contribution in [1.82, 2.24) is 23.1 Å². The summed E-state index contributed by atoms with van der Waals surface area (Å²) in [6.07, 6.45) is 0. The molecule has 0 amide bonds. The van der Waals surface area contributed by atoms with Gasteiger partial charge in [0.15, 0.2) is 0 Å². The molecule has 0 spiro atoms. The first-order valence-corrected chi connectivity index (χ1v) is 19.8. The SMILES string of the molecule is CC(C(C)C(C)(C)[O][Ge]([N](C)C)([N](C)C)[N](C)C)C(C)C(C)(C)[O][Ge]([N](C)C)([N](C)C)[N](C)C. The topological polar surface area (TPSA) is 37.9 Å². The third-order valence-electron chi connectivity index (χ3n) is 8.07. The standard InChI is InChI=1S/C24H60Ge2N6O2/c1-20(21(2)23(4,5)33-25(27(8)9,28(10)11)29(12)13)22(3)24(6,7)34-26(30(14)15,31(16)17)32(18)19/h20-22H,1-19H3. The molecule has 0 saturated carbocycles. The van der Waals surface area contributed by atoms with Crippen molar-refractivity contribution in [3.8, 4) is 0 Å². The summed E-state index contributed by atoms with van der Waals surface area (Å²) in [6, 6.07) is 0. The first-order valence-electron chi connectivity index (χ1n) is 12.5. The average Bonchev–Trinajstić information content (AvgIpc) is 2.66. The quantitative estimate of drug-likeness (QED) is 0.279. The van der Waals surface area contributed by atoms with E-state index in [2.05, 4.69) is 156 Å². The van der Waals surface area contributed by atoms with E-state index in [4.69, 9.17) is 7.53 Å². The van der Waals surface area contributed by atoms with Crippen molar-refractivity contribution in [3.63, 3.8) is 0 Å². The molecule has 8 nitrogen and oxygen atoms in total. The van der Waals surface area contributed by atoms with Gasteiger partial charge in [0.25, 0.3) is 0 Å². The maximum absolute atomic E-state index is 7.18. The van der Waals surface area contributed by atoms with Crippen LogP contribution >= 0.6 is 0 Å². The molecule has 0 aliphatic carbocycles. The summed E-state index contributed by atoms with van der Waals surface area (Å²) in [7, 11) is 25.8. The molecule has 2 atom stereocenters. The Bertz CT molecular complexity index is 531. The molecule has 0 fully saturated rings. The van der Waals surface area contributed by atoms with E-state index in [-0.39, 0.29) is 11.2 Å². The molecule has 0 aromatic heterocycles. The zero-order chi connectivity index (χ0) is 27.6. The average molecular weight is 610 g/mol. The number of hydrogen-bond donors (Lipinski definition) is 0. The van der Waals surface area contributed by atoms with Gasteiger partial charge in [0.2, 0.25) is 0 Å². The van der Waals surface area contributed by atoms with Crippen LogP contribution in [-0.2, 0) is 7.53 Å². The van der Waals surface area contributed by atoms with Gasteiger partial charge in [-0.05, 0) is 0 Å². The van der Waals surface area contributed by atoms with E-state index in [0.717, 1.165) is 0 Å². The molecular weight excluding hydrogens is 550 g/mol. The van der Waals surface area contributed by atoms with Crippen LogP contribution in [0.3, 0.4) is 0 Å². The van der Waals surface area contributed by atoms with Crippen LogP contribution in [0.15, 0.2) is 0 Å². The molecule has 0 saturated heterocycles. The third kappa shape index (κ3) is 6.99. The van der Waals surface area contributed by atoms with Crippen molar-refractivity contribution in [1.29, 1.82) is 0 Å². The van der Waals surface area contributed by atoms with Crippen molar-refractivity contribution in [2.75, 3.05) is 84.6 Å². The summed E-state index contributed by atoms with van der Waals surface area (Å²) < 4.78 is 28.3. The zero-order valence-corrected chi connectivity index (χ0v) is 30.4. The van der Waals surface area contributed by atoms with E-state index >= 15 is 0 Å². The second-order valence-corrected chi connectivity index (χ2v) is 29.3. The van der Waals surface area contributed by atoms with Crippen LogP contribution in [-0.4, -0.2) is 147 Å². The molecule has 0 rings (SSSR count). The summed E-state index contributed by atoms with van der Waals surface area (Å²) in [5.41, 5.74) is -0.600. The van der Waals surface area contributed by atoms with E-state index in [9.17, 15) is 0 Å². The van der Waals surface area contributed by atoms with E-state index in [1.54, 1.807) is 0 Å². The van der Waals surface area contributed by atoms with Crippen molar-refractivity contribution < 1.29 is 7.53 Å². The van der Waals surface area contributed by atoms with Crippen molar-refractivity contribution in [3.05, 3.63) is 0 Å². The first-order chi connectivity index (χ1) is 15.1. The Morgan fingerprint density at radius 2 is 0.618 bits per heavy atom. The fourth-order valence-electron chi connectivity index (χ4n) is 5.54. The number of nitrogens with zero attached hydrogens (tertiary/aromatic N) is 6. The van der Waals surface area contributed by atoms with Gasteiger partial charge in [-0.3, -0.25) is 0 Å². The summed E-state index contributed by atoms with van der Waals surface area (Å²) in [5.74, 6) is 1.05. The molecule has 0 aromatic rings. The molecular formula is C24H60Ge2N6O2. The van der Waals surface area contributed by atoms with Gasteiger partial charge in [0.1, 0.15) is 0 Å². The van der Waals surface area contributed by atoms with Gasteiger partial charge in [-0.15, -0.1) is 0 Å². The van der Waals surface area contributed by atoms with Crippen LogP contribution in [0, 0.1) is 17.8 Å². The summed E-state index contributed by atoms with van der Waals surface area (Å²) in [5, 5.41) is 0. The van der Waals surface area contributed by atoms with Crippen molar-refractivity contribution >= 4 is 28.5 Å². The molecule has 0 heterocycles. The van der Waals surface area contributed by atoms with Crippen LogP contribution < -0.4 is 0 Å². The van der Waals surface area contributed by atoms with Crippen LogP contribution in [0.25, 0.3) is 0 Å². The Labute approximate surface area is 220 Å². The number of rotatable bonds is 14. The molecule has 34 heavy (non-hydrogen) atoms. The van der Waals surface area contributed by atoms with Crippen LogP contribution in [0.2, 0.25) is 0 Å². The second kappa shape index (κ2) is 12.5. The fraction of sp³-hybridized carbons (Fsp3) is 1.00. The minimum absolute atomic E-state index is 0.300. The molecule has 0 N–H and O–H groups in total.